The van der Waals surface area contributed by atoms with Crippen LogP contribution in [0.5, 0.6) is 5.75 Å². The monoisotopic (exact) mass is 362 g/mol. The van der Waals surface area contributed by atoms with Crippen LogP contribution in [0.2, 0.25) is 5.02 Å². The summed E-state index contributed by atoms with van der Waals surface area (Å²) < 4.78 is 5.23. The van der Waals surface area contributed by atoms with Gasteiger partial charge < -0.3 is 20.3 Å². The number of nitrogens with one attached hydrogen (secondary N) is 2. The van der Waals surface area contributed by atoms with E-state index in [9.17, 15) is 4.79 Å². The summed E-state index contributed by atoms with van der Waals surface area (Å²) in [6.07, 6.45) is 2.56. The average molecular weight is 363 g/mol. The van der Waals surface area contributed by atoms with Crippen molar-refractivity contribution >= 4 is 29.0 Å². The Bertz CT molecular complexity index is 705. The van der Waals surface area contributed by atoms with Gasteiger partial charge in [0.25, 0.3) is 5.91 Å². The molecule has 1 aromatic carbocycles. The van der Waals surface area contributed by atoms with Gasteiger partial charge in [-0.1, -0.05) is 11.6 Å². The van der Waals surface area contributed by atoms with Crippen molar-refractivity contribution in [1.29, 1.82) is 0 Å². The lowest BCUT2D eigenvalue weighted by Gasteiger charge is -2.11. The first-order valence-corrected chi connectivity index (χ1v) is 8.37. The van der Waals surface area contributed by atoms with E-state index in [0.29, 0.717) is 22.0 Å². The Morgan fingerprint density at radius 3 is 2.72 bits per heavy atom. The molecule has 0 fully saturated rings. The first-order valence-electron chi connectivity index (χ1n) is 7.99. The van der Waals surface area contributed by atoms with Crippen LogP contribution >= 0.6 is 11.6 Å². The van der Waals surface area contributed by atoms with Crippen molar-refractivity contribution in [3.8, 4) is 5.75 Å². The molecule has 0 saturated heterocycles. The Morgan fingerprint density at radius 2 is 2.08 bits per heavy atom. The van der Waals surface area contributed by atoms with Crippen molar-refractivity contribution < 1.29 is 9.53 Å². The van der Waals surface area contributed by atoms with Gasteiger partial charge in [-0.05, 0) is 57.4 Å². The quantitative estimate of drug-likeness (QED) is 0.705. The molecule has 0 aliphatic heterocycles. The molecule has 2 aromatic rings. The zero-order chi connectivity index (χ0) is 18.2. The number of rotatable bonds is 8. The lowest BCUT2D eigenvalue weighted by Crippen LogP contribution is -2.17. The zero-order valence-corrected chi connectivity index (χ0v) is 15.4. The number of aromatic nitrogens is 1. The second-order valence-electron chi connectivity index (χ2n) is 5.81. The van der Waals surface area contributed by atoms with Gasteiger partial charge in [-0.25, -0.2) is 4.98 Å². The maximum Gasteiger partial charge on any atom is 0.257 e. The number of carbonyl (C=O) groups is 1. The van der Waals surface area contributed by atoms with Gasteiger partial charge in [0.15, 0.2) is 0 Å². The molecule has 2 rings (SSSR count). The van der Waals surface area contributed by atoms with Gasteiger partial charge in [-0.2, -0.15) is 0 Å². The van der Waals surface area contributed by atoms with Gasteiger partial charge in [-0.15, -0.1) is 0 Å². The number of carbonyl (C=O) groups excluding carboxylic acids is 1. The van der Waals surface area contributed by atoms with Crippen LogP contribution in [-0.4, -0.2) is 50.1 Å². The summed E-state index contributed by atoms with van der Waals surface area (Å²) in [5, 5.41) is 6.54. The number of anilines is 2. The fourth-order valence-corrected chi connectivity index (χ4v) is 2.39. The second-order valence-corrected chi connectivity index (χ2v) is 6.25. The van der Waals surface area contributed by atoms with Crippen molar-refractivity contribution in [2.75, 3.05) is 44.9 Å². The number of amides is 1. The van der Waals surface area contributed by atoms with Crippen molar-refractivity contribution in [1.82, 2.24) is 9.88 Å². The highest BCUT2D eigenvalue weighted by Gasteiger charge is 2.11. The van der Waals surface area contributed by atoms with E-state index in [1.54, 1.807) is 36.5 Å². The Labute approximate surface area is 153 Å². The summed E-state index contributed by atoms with van der Waals surface area (Å²) in [5.41, 5.74) is 0.978. The predicted octanol–water partition coefficient (Wildman–Crippen LogP) is 3.36. The molecule has 0 spiro atoms. The topological polar surface area (TPSA) is 66.5 Å². The van der Waals surface area contributed by atoms with Gasteiger partial charge >= 0.3 is 0 Å². The fourth-order valence-electron chi connectivity index (χ4n) is 2.22. The van der Waals surface area contributed by atoms with Gasteiger partial charge in [0.2, 0.25) is 0 Å². The molecule has 2 N–H and O–H groups in total. The lowest BCUT2D eigenvalue weighted by molar-refractivity contribution is 0.102. The Balaban J connectivity index is 1.95. The zero-order valence-electron chi connectivity index (χ0n) is 14.7. The highest BCUT2D eigenvalue weighted by Crippen LogP contribution is 2.28. The fraction of sp³-hybridized carbons (Fsp3) is 0.333. The molecule has 0 aliphatic rings. The summed E-state index contributed by atoms with van der Waals surface area (Å²) in [6.45, 7) is 1.84. The smallest absolute Gasteiger partial charge is 0.257 e. The first kappa shape index (κ1) is 19.0. The summed E-state index contributed by atoms with van der Waals surface area (Å²) in [4.78, 5) is 18.8. The van der Waals surface area contributed by atoms with Crippen LogP contribution in [0.25, 0.3) is 0 Å². The molecular weight excluding hydrogens is 340 g/mol. The van der Waals surface area contributed by atoms with Crippen LogP contribution in [0.15, 0.2) is 36.5 Å². The number of hydrogen-bond acceptors (Lipinski definition) is 5. The molecule has 0 bridgehead atoms. The Hall–Kier alpha value is -2.31. The van der Waals surface area contributed by atoms with Crippen LogP contribution in [-0.2, 0) is 0 Å². The summed E-state index contributed by atoms with van der Waals surface area (Å²) >= 11 is 5.97. The molecule has 0 saturated carbocycles. The largest absolute Gasteiger partial charge is 0.495 e. The summed E-state index contributed by atoms with van der Waals surface area (Å²) in [5.74, 6) is 1.02. The van der Waals surface area contributed by atoms with E-state index in [0.717, 1.165) is 25.3 Å². The molecule has 1 aromatic heterocycles. The number of nitrogens with zero attached hydrogens (tertiary/aromatic N) is 2. The van der Waals surface area contributed by atoms with Crippen LogP contribution in [0, 0.1) is 0 Å². The molecule has 0 aliphatic carbocycles. The van der Waals surface area contributed by atoms with Crippen molar-refractivity contribution in [3.63, 3.8) is 0 Å². The van der Waals surface area contributed by atoms with Crippen LogP contribution in [0.1, 0.15) is 16.8 Å². The van der Waals surface area contributed by atoms with Crippen LogP contribution < -0.4 is 15.4 Å². The summed E-state index contributed by atoms with van der Waals surface area (Å²) in [6, 6.07) is 8.57. The lowest BCUT2D eigenvalue weighted by atomic mass is 10.2. The molecule has 134 valence electrons. The minimum atomic E-state index is -0.271. The van der Waals surface area contributed by atoms with Gasteiger partial charge in [0.05, 0.1) is 18.4 Å². The number of methoxy groups -OCH3 is 1. The normalized spacial score (nSPS) is 10.6. The average Bonchev–Trinajstić information content (AvgIpc) is 2.59. The van der Waals surface area contributed by atoms with E-state index >= 15 is 0 Å². The number of pyridine rings is 1. The SMILES string of the molecule is COc1ccc(Cl)cc1NC(=O)c1ccc(NCCCN(C)C)nc1. The Kier molecular flexibility index (Phi) is 7.03. The highest BCUT2D eigenvalue weighted by molar-refractivity contribution is 6.31. The van der Waals surface area contributed by atoms with Gasteiger partial charge in [0, 0.05) is 17.8 Å². The van der Waals surface area contributed by atoms with Gasteiger partial charge in [0.1, 0.15) is 11.6 Å². The standard InChI is InChI=1S/C18H23ClN4O2/c1-23(2)10-4-9-20-17-8-5-13(12-21-17)18(24)22-15-11-14(19)6-7-16(15)25-3/h5-8,11-12H,4,9-10H2,1-3H3,(H,20,21)(H,22,24). The molecular formula is C18H23ClN4O2. The third kappa shape index (κ3) is 5.92. The summed E-state index contributed by atoms with van der Waals surface area (Å²) in [7, 11) is 5.62. The molecule has 0 radical (unpaired) electrons. The predicted molar refractivity (Wildman–Crippen MR) is 102 cm³/mol. The van der Waals surface area contributed by atoms with Crippen LogP contribution in [0.4, 0.5) is 11.5 Å². The number of ether oxygens (including phenoxy) is 1. The molecule has 25 heavy (non-hydrogen) atoms. The molecule has 0 atom stereocenters. The third-order valence-corrected chi connectivity index (χ3v) is 3.76. The van der Waals surface area contributed by atoms with Crippen molar-refractivity contribution in [2.45, 2.75) is 6.42 Å². The molecule has 6 nitrogen and oxygen atoms in total. The van der Waals surface area contributed by atoms with E-state index in [4.69, 9.17) is 16.3 Å². The third-order valence-electron chi connectivity index (χ3n) is 3.52. The maximum absolute atomic E-state index is 12.4. The number of halogens is 1. The van der Waals surface area contributed by atoms with E-state index in [1.807, 2.05) is 14.1 Å². The molecule has 1 heterocycles. The maximum atomic E-state index is 12.4. The van der Waals surface area contributed by atoms with Crippen molar-refractivity contribution in [3.05, 3.63) is 47.1 Å². The minimum absolute atomic E-state index is 0.271. The minimum Gasteiger partial charge on any atom is -0.495 e. The van der Waals surface area contributed by atoms with E-state index in [1.165, 1.54) is 7.11 Å². The molecule has 0 unspecified atom stereocenters. The first-order chi connectivity index (χ1) is 12.0. The van der Waals surface area contributed by atoms with Gasteiger partial charge in [-0.3, -0.25) is 4.79 Å². The molecule has 7 heteroatoms. The van der Waals surface area contributed by atoms with E-state index in [2.05, 4.69) is 20.5 Å². The van der Waals surface area contributed by atoms with E-state index in [-0.39, 0.29) is 5.91 Å². The highest BCUT2D eigenvalue weighted by atomic mass is 35.5. The number of hydrogen-bond donors (Lipinski definition) is 2. The number of benzene rings is 1. The van der Waals surface area contributed by atoms with Crippen LogP contribution in [0.3, 0.4) is 0 Å². The second kappa shape index (κ2) is 9.25. The Morgan fingerprint density at radius 1 is 1.28 bits per heavy atom. The molecule has 1 amide bonds. The van der Waals surface area contributed by atoms with Crippen molar-refractivity contribution in [2.24, 2.45) is 0 Å². The van der Waals surface area contributed by atoms with E-state index < -0.39 is 0 Å².